The van der Waals surface area contributed by atoms with Gasteiger partial charge in [-0.2, -0.15) is 13.2 Å². The molecule has 3 rings (SSSR count). The molecule has 1 aliphatic heterocycles. The molecule has 2 fully saturated rings. The summed E-state index contributed by atoms with van der Waals surface area (Å²) >= 11 is -0.117. The molecule has 1 heterocycles. The molecule has 7 heteroatoms. The molecule has 1 saturated heterocycles. The molecule has 0 spiro atoms. The molecular weight excluding hydrogens is 325 g/mol. The summed E-state index contributed by atoms with van der Waals surface area (Å²) in [5.41, 5.74) is -3.67. The number of hydrogen-bond donors (Lipinski definition) is 2. The fourth-order valence-corrected chi connectivity index (χ4v) is 4.02. The van der Waals surface area contributed by atoms with Crippen LogP contribution in [0.25, 0.3) is 0 Å². The molecule has 0 bridgehead atoms. The third kappa shape index (κ3) is 4.14. The Bertz CT molecular complexity index is 543. The fourth-order valence-electron chi connectivity index (χ4n) is 3.43. The first-order valence-corrected chi connectivity index (χ1v) is 8.79. The molecule has 1 atom stereocenters. The van der Waals surface area contributed by atoms with Crippen LogP contribution in [0.4, 0.5) is 13.2 Å². The molecule has 0 aromatic heterocycles. The van der Waals surface area contributed by atoms with Gasteiger partial charge >= 0.3 is 5.51 Å². The topological polar surface area (TPSA) is 35.5 Å². The lowest BCUT2D eigenvalue weighted by Crippen LogP contribution is -2.47. The Balaban J connectivity index is 1.89. The van der Waals surface area contributed by atoms with Crippen molar-refractivity contribution in [3.63, 3.8) is 0 Å². The van der Waals surface area contributed by atoms with Crippen molar-refractivity contribution in [2.75, 3.05) is 26.2 Å². The van der Waals surface area contributed by atoms with Gasteiger partial charge < -0.3 is 10.4 Å². The van der Waals surface area contributed by atoms with E-state index in [2.05, 4.69) is 10.2 Å². The number of benzene rings is 1. The number of phenols is 1. The van der Waals surface area contributed by atoms with Crippen molar-refractivity contribution in [1.29, 1.82) is 0 Å². The molecule has 0 unspecified atom stereocenters. The van der Waals surface area contributed by atoms with E-state index in [1.807, 2.05) is 0 Å². The van der Waals surface area contributed by atoms with E-state index in [1.165, 1.54) is 18.2 Å². The van der Waals surface area contributed by atoms with Gasteiger partial charge in [-0.05, 0) is 48.7 Å². The summed E-state index contributed by atoms with van der Waals surface area (Å²) in [6, 6.07) is 4.28. The van der Waals surface area contributed by atoms with Gasteiger partial charge in [-0.25, -0.2) is 0 Å². The number of halogens is 3. The molecule has 128 valence electrons. The van der Waals surface area contributed by atoms with Crippen LogP contribution in [-0.4, -0.2) is 41.7 Å². The Morgan fingerprint density at radius 1 is 1.22 bits per heavy atom. The SMILES string of the molecule is Oc1ccc(SC(F)(F)F)cc1[C@H](C1CCC1)N1CCNCC1. The van der Waals surface area contributed by atoms with Crippen LogP contribution in [0.1, 0.15) is 30.9 Å². The normalized spacial score (nSPS) is 21.9. The Labute approximate surface area is 138 Å². The monoisotopic (exact) mass is 346 g/mol. The smallest absolute Gasteiger partial charge is 0.446 e. The molecule has 0 amide bonds. The van der Waals surface area contributed by atoms with E-state index in [4.69, 9.17) is 0 Å². The third-order valence-electron chi connectivity index (χ3n) is 4.69. The molecule has 3 nitrogen and oxygen atoms in total. The van der Waals surface area contributed by atoms with Crippen LogP contribution in [0.5, 0.6) is 5.75 Å². The van der Waals surface area contributed by atoms with Crippen molar-refractivity contribution >= 4 is 11.8 Å². The van der Waals surface area contributed by atoms with E-state index >= 15 is 0 Å². The summed E-state index contributed by atoms with van der Waals surface area (Å²) in [6.45, 7) is 3.47. The van der Waals surface area contributed by atoms with Crippen LogP contribution in [-0.2, 0) is 0 Å². The number of aromatic hydroxyl groups is 1. The Morgan fingerprint density at radius 3 is 2.48 bits per heavy atom. The van der Waals surface area contributed by atoms with Gasteiger partial charge in [-0.3, -0.25) is 4.90 Å². The lowest BCUT2D eigenvalue weighted by atomic mass is 9.76. The average Bonchev–Trinajstić information content (AvgIpc) is 2.44. The average molecular weight is 346 g/mol. The molecule has 23 heavy (non-hydrogen) atoms. The minimum absolute atomic E-state index is 0.0135. The van der Waals surface area contributed by atoms with Crippen LogP contribution in [0, 0.1) is 5.92 Å². The second-order valence-electron chi connectivity index (χ2n) is 6.19. The first kappa shape index (κ1) is 16.9. The van der Waals surface area contributed by atoms with Crippen LogP contribution in [0.2, 0.25) is 0 Å². The third-order valence-corrected chi connectivity index (χ3v) is 5.41. The molecule has 2 N–H and O–H groups in total. The first-order valence-electron chi connectivity index (χ1n) is 7.97. The summed E-state index contributed by atoms with van der Waals surface area (Å²) in [7, 11) is 0. The maximum Gasteiger partial charge on any atom is 0.446 e. The number of thioether (sulfide) groups is 1. The zero-order chi connectivity index (χ0) is 16.4. The molecule has 2 aliphatic rings. The van der Waals surface area contributed by atoms with Crippen LogP contribution in [0.3, 0.4) is 0 Å². The molecule has 0 radical (unpaired) electrons. The van der Waals surface area contributed by atoms with Crippen LogP contribution < -0.4 is 5.32 Å². The summed E-state index contributed by atoms with van der Waals surface area (Å²) in [5.74, 6) is 0.525. The second kappa shape index (κ2) is 6.91. The molecular formula is C16H21F3N2OS. The number of hydrogen-bond acceptors (Lipinski definition) is 4. The number of nitrogens with zero attached hydrogens (tertiary/aromatic N) is 1. The minimum atomic E-state index is -4.31. The highest BCUT2D eigenvalue weighted by Crippen LogP contribution is 2.46. The van der Waals surface area contributed by atoms with Gasteiger partial charge in [-0.1, -0.05) is 6.42 Å². The van der Waals surface area contributed by atoms with E-state index in [9.17, 15) is 18.3 Å². The number of piperazine rings is 1. The quantitative estimate of drug-likeness (QED) is 0.814. The Kier molecular flexibility index (Phi) is 5.08. The van der Waals surface area contributed by atoms with Gasteiger partial charge in [0, 0.05) is 42.7 Å². The van der Waals surface area contributed by atoms with Crippen LogP contribution in [0.15, 0.2) is 23.1 Å². The predicted molar refractivity (Wildman–Crippen MR) is 84.5 cm³/mol. The molecule has 1 saturated carbocycles. The van der Waals surface area contributed by atoms with Crippen molar-refractivity contribution < 1.29 is 18.3 Å². The maximum atomic E-state index is 12.6. The van der Waals surface area contributed by atoms with Crippen molar-refractivity contribution in [3.8, 4) is 5.75 Å². The van der Waals surface area contributed by atoms with E-state index in [0.717, 1.165) is 45.4 Å². The number of rotatable bonds is 4. The van der Waals surface area contributed by atoms with Crippen molar-refractivity contribution in [1.82, 2.24) is 10.2 Å². The Hall–Kier alpha value is -0.920. The minimum Gasteiger partial charge on any atom is -0.508 e. The summed E-state index contributed by atoms with van der Waals surface area (Å²) in [5, 5.41) is 13.6. The van der Waals surface area contributed by atoms with Crippen LogP contribution >= 0.6 is 11.8 Å². The molecule has 1 aromatic rings. The van der Waals surface area contributed by atoms with Gasteiger partial charge in [0.05, 0.1) is 0 Å². The molecule has 1 aliphatic carbocycles. The number of nitrogens with one attached hydrogen (secondary N) is 1. The zero-order valence-corrected chi connectivity index (χ0v) is 13.6. The van der Waals surface area contributed by atoms with Crippen molar-refractivity contribution in [3.05, 3.63) is 23.8 Å². The van der Waals surface area contributed by atoms with Gasteiger partial charge in [0.15, 0.2) is 0 Å². The summed E-state index contributed by atoms with van der Waals surface area (Å²) < 4.78 is 37.9. The Morgan fingerprint density at radius 2 is 1.91 bits per heavy atom. The van der Waals surface area contributed by atoms with E-state index in [0.29, 0.717) is 11.5 Å². The molecule has 1 aromatic carbocycles. The van der Waals surface area contributed by atoms with Gasteiger partial charge in [0.2, 0.25) is 0 Å². The second-order valence-corrected chi connectivity index (χ2v) is 7.33. The van der Waals surface area contributed by atoms with Crippen molar-refractivity contribution in [2.45, 2.75) is 35.7 Å². The van der Waals surface area contributed by atoms with Gasteiger partial charge in [-0.15, -0.1) is 0 Å². The highest BCUT2D eigenvalue weighted by Gasteiger charge is 2.36. The van der Waals surface area contributed by atoms with Crippen molar-refractivity contribution in [2.24, 2.45) is 5.92 Å². The highest BCUT2D eigenvalue weighted by atomic mass is 32.2. The number of phenolic OH excluding ortho intramolecular Hbond substituents is 1. The van der Waals surface area contributed by atoms with Gasteiger partial charge in [0.25, 0.3) is 0 Å². The standard InChI is InChI=1S/C16H21F3N2OS/c17-16(18,19)23-12-4-5-14(22)13(10-12)15(11-2-1-3-11)21-8-6-20-7-9-21/h4-5,10-11,15,20,22H,1-3,6-9H2/t15-/m0/s1. The lowest BCUT2D eigenvalue weighted by molar-refractivity contribution is -0.0328. The van der Waals surface area contributed by atoms with E-state index < -0.39 is 5.51 Å². The highest BCUT2D eigenvalue weighted by molar-refractivity contribution is 8.00. The van der Waals surface area contributed by atoms with E-state index in [-0.39, 0.29) is 28.4 Å². The first-order chi connectivity index (χ1) is 10.9. The summed E-state index contributed by atoms with van der Waals surface area (Å²) in [4.78, 5) is 2.45. The number of alkyl halides is 3. The summed E-state index contributed by atoms with van der Waals surface area (Å²) in [6.07, 6.45) is 3.31. The fraction of sp³-hybridized carbons (Fsp3) is 0.625. The lowest BCUT2D eigenvalue weighted by Gasteiger charge is -2.43. The largest absolute Gasteiger partial charge is 0.508 e. The van der Waals surface area contributed by atoms with E-state index in [1.54, 1.807) is 0 Å². The van der Waals surface area contributed by atoms with Gasteiger partial charge in [0.1, 0.15) is 5.75 Å². The predicted octanol–water partition coefficient (Wildman–Crippen LogP) is 3.75. The maximum absolute atomic E-state index is 12.6. The zero-order valence-electron chi connectivity index (χ0n) is 12.8.